The maximum absolute atomic E-state index is 13.0. The van der Waals surface area contributed by atoms with Crippen molar-refractivity contribution in [3.05, 3.63) is 76.5 Å². The van der Waals surface area contributed by atoms with E-state index in [0.29, 0.717) is 17.2 Å². The molecular formula is C21H16BrF3N4O3. The maximum Gasteiger partial charge on any atom is 0.417 e. The minimum Gasteiger partial charge on any atom is -0.457 e. The molecular weight excluding hydrogens is 493 g/mol. The molecule has 32 heavy (non-hydrogen) atoms. The van der Waals surface area contributed by atoms with Crippen LogP contribution in [0.15, 0.2) is 65.3 Å². The molecule has 7 nitrogen and oxygen atoms in total. The summed E-state index contributed by atoms with van der Waals surface area (Å²) in [5.74, 6) is 0.346. The fraction of sp³-hybridized carbons (Fsp3) is 0.0952. The Morgan fingerprint density at radius 2 is 1.66 bits per heavy atom. The number of hydrogen-bond donors (Lipinski definition) is 3. The van der Waals surface area contributed by atoms with E-state index < -0.39 is 17.8 Å². The standard InChI is InChI=1S/C21H16BrF3N4O3/c1-26-19(30)18-11-15(7-8-27-18)32-14-4-2-3-12(9-14)28-20(31)29-13-5-6-17(22)16(10-13)21(23,24)25/h2-11H,1H3,(H,26,30)(H2,28,29,31). The molecule has 0 radical (unpaired) electrons. The molecule has 3 rings (SSSR count). The topological polar surface area (TPSA) is 92.4 Å². The van der Waals surface area contributed by atoms with Crippen molar-refractivity contribution in [3.63, 3.8) is 0 Å². The van der Waals surface area contributed by atoms with Crippen molar-refractivity contribution in [2.75, 3.05) is 17.7 Å². The highest BCUT2D eigenvalue weighted by Crippen LogP contribution is 2.36. The summed E-state index contributed by atoms with van der Waals surface area (Å²) in [4.78, 5) is 27.9. The Hall–Kier alpha value is -3.60. The van der Waals surface area contributed by atoms with Crippen LogP contribution in [0.2, 0.25) is 0 Å². The van der Waals surface area contributed by atoms with Gasteiger partial charge >= 0.3 is 12.2 Å². The van der Waals surface area contributed by atoms with Gasteiger partial charge in [-0.2, -0.15) is 13.2 Å². The number of nitrogens with zero attached hydrogens (tertiary/aromatic N) is 1. The highest BCUT2D eigenvalue weighted by molar-refractivity contribution is 9.10. The van der Waals surface area contributed by atoms with E-state index in [9.17, 15) is 22.8 Å². The Morgan fingerprint density at radius 1 is 0.969 bits per heavy atom. The van der Waals surface area contributed by atoms with Crippen molar-refractivity contribution in [1.82, 2.24) is 10.3 Å². The molecule has 2 aromatic carbocycles. The van der Waals surface area contributed by atoms with E-state index in [4.69, 9.17) is 4.74 Å². The first kappa shape index (κ1) is 23.1. The number of pyridine rings is 1. The Morgan fingerprint density at radius 3 is 2.34 bits per heavy atom. The van der Waals surface area contributed by atoms with Gasteiger partial charge in [-0.25, -0.2) is 4.79 Å². The van der Waals surface area contributed by atoms with Crippen molar-refractivity contribution >= 4 is 39.2 Å². The molecule has 0 unspecified atom stereocenters. The van der Waals surface area contributed by atoms with Crippen LogP contribution in [0, 0.1) is 0 Å². The Kier molecular flexibility index (Phi) is 6.98. The van der Waals surface area contributed by atoms with Crippen LogP contribution in [0.1, 0.15) is 16.1 Å². The van der Waals surface area contributed by atoms with Gasteiger partial charge < -0.3 is 20.7 Å². The van der Waals surface area contributed by atoms with Crippen molar-refractivity contribution < 1.29 is 27.5 Å². The number of urea groups is 1. The van der Waals surface area contributed by atoms with Gasteiger partial charge in [0.05, 0.1) is 5.56 Å². The SMILES string of the molecule is CNC(=O)c1cc(Oc2cccc(NC(=O)Nc3ccc(Br)c(C(F)(F)F)c3)c2)ccn1. The number of carbonyl (C=O) groups is 2. The lowest BCUT2D eigenvalue weighted by molar-refractivity contribution is -0.138. The van der Waals surface area contributed by atoms with Gasteiger partial charge in [-0.1, -0.05) is 22.0 Å². The van der Waals surface area contributed by atoms with Gasteiger partial charge in [-0.05, 0) is 36.4 Å². The molecule has 0 saturated carbocycles. The highest BCUT2D eigenvalue weighted by atomic mass is 79.9. The molecule has 0 aliphatic carbocycles. The molecule has 166 valence electrons. The third-order valence-corrected chi connectivity index (χ3v) is 4.74. The third kappa shape index (κ3) is 5.97. The average Bonchev–Trinajstić information content (AvgIpc) is 2.74. The van der Waals surface area contributed by atoms with Crippen molar-refractivity contribution in [2.24, 2.45) is 0 Å². The molecule has 0 aliphatic rings. The molecule has 0 bridgehead atoms. The summed E-state index contributed by atoms with van der Waals surface area (Å²) in [5, 5.41) is 7.35. The lowest BCUT2D eigenvalue weighted by atomic mass is 10.2. The first-order chi connectivity index (χ1) is 15.2. The fourth-order valence-corrected chi connectivity index (χ4v) is 3.09. The fourth-order valence-electron chi connectivity index (χ4n) is 2.61. The summed E-state index contributed by atoms with van der Waals surface area (Å²) in [6, 6.07) is 12.0. The van der Waals surface area contributed by atoms with Crippen LogP contribution >= 0.6 is 15.9 Å². The normalized spacial score (nSPS) is 10.9. The number of aromatic nitrogens is 1. The zero-order valence-electron chi connectivity index (χ0n) is 16.5. The summed E-state index contributed by atoms with van der Waals surface area (Å²) in [5.41, 5.74) is -0.414. The summed E-state index contributed by atoms with van der Waals surface area (Å²) >= 11 is 2.85. The van der Waals surface area contributed by atoms with Crippen LogP contribution in [0.4, 0.5) is 29.3 Å². The van der Waals surface area contributed by atoms with Gasteiger partial charge in [0.1, 0.15) is 17.2 Å². The van der Waals surface area contributed by atoms with Gasteiger partial charge in [0, 0.05) is 41.2 Å². The first-order valence-electron chi connectivity index (χ1n) is 9.06. The summed E-state index contributed by atoms with van der Waals surface area (Å²) in [7, 11) is 1.48. The molecule has 0 aliphatic heterocycles. The number of amides is 3. The third-order valence-electron chi connectivity index (χ3n) is 4.05. The molecule has 0 fully saturated rings. The number of rotatable bonds is 5. The lowest BCUT2D eigenvalue weighted by Crippen LogP contribution is -2.20. The number of carbonyl (C=O) groups excluding carboxylic acids is 2. The van der Waals surface area contributed by atoms with Gasteiger partial charge in [0.25, 0.3) is 5.91 Å². The van der Waals surface area contributed by atoms with Crippen LogP contribution < -0.4 is 20.7 Å². The quantitative estimate of drug-likeness (QED) is 0.414. The van der Waals surface area contributed by atoms with Crippen LogP contribution in [0.3, 0.4) is 0 Å². The van der Waals surface area contributed by atoms with Crippen LogP contribution in [0.25, 0.3) is 0 Å². The molecule has 1 aromatic heterocycles. The van der Waals surface area contributed by atoms with Crippen LogP contribution in [-0.2, 0) is 6.18 Å². The second-order valence-electron chi connectivity index (χ2n) is 6.36. The molecule has 0 atom stereocenters. The number of ether oxygens (including phenoxy) is 1. The van der Waals surface area contributed by atoms with Gasteiger partial charge in [0.2, 0.25) is 0 Å². The zero-order chi connectivity index (χ0) is 23.3. The first-order valence-corrected chi connectivity index (χ1v) is 9.86. The van der Waals surface area contributed by atoms with Crippen molar-refractivity contribution in [3.8, 4) is 11.5 Å². The largest absolute Gasteiger partial charge is 0.457 e. The molecule has 3 N–H and O–H groups in total. The van der Waals surface area contributed by atoms with E-state index in [1.165, 1.54) is 37.5 Å². The second kappa shape index (κ2) is 9.69. The Balaban J connectivity index is 1.69. The van der Waals surface area contributed by atoms with Crippen molar-refractivity contribution in [1.29, 1.82) is 0 Å². The number of halogens is 4. The van der Waals surface area contributed by atoms with E-state index in [-0.39, 0.29) is 21.8 Å². The number of nitrogens with one attached hydrogen (secondary N) is 3. The Bertz CT molecular complexity index is 1160. The average molecular weight is 509 g/mol. The Labute approximate surface area is 189 Å². The minimum absolute atomic E-state index is 0.0241. The second-order valence-corrected chi connectivity index (χ2v) is 7.21. The highest BCUT2D eigenvalue weighted by Gasteiger charge is 2.33. The van der Waals surface area contributed by atoms with Crippen molar-refractivity contribution in [2.45, 2.75) is 6.18 Å². The monoisotopic (exact) mass is 508 g/mol. The molecule has 0 spiro atoms. The number of alkyl halides is 3. The van der Waals surface area contributed by atoms with Crippen LogP contribution in [-0.4, -0.2) is 24.0 Å². The van der Waals surface area contributed by atoms with E-state index in [2.05, 4.69) is 36.9 Å². The molecule has 0 saturated heterocycles. The minimum atomic E-state index is -4.57. The zero-order valence-corrected chi connectivity index (χ0v) is 18.0. The predicted molar refractivity (Wildman–Crippen MR) is 116 cm³/mol. The summed E-state index contributed by atoms with van der Waals surface area (Å²) in [6.07, 6.45) is -3.15. The number of benzene rings is 2. The number of hydrogen-bond acceptors (Lipinski definition) is 4. The molecule has 3 aromatic rings. The van der Waals surface area contributed by atoms with Gasteiger partial charge in [-0.3, -0.25) is 9.78 Å². The molecule has 3 amide bonds. The van der Waals surface area contributed by atoms with E-state index in [1.54, 1.807) is 24.3 Å². The molecule has 11 heteroatoms. The maximum atomic E-state index is 13.0. The molecule has 1 heterocycles. The van der Waals surface area contributed by atoms with E-state index in [1.807, 2.05) is 0 Å². The van der Waals surface area contributed by atoms with Gasteiger partial charge in [-0.15, -0.1) is 0 Å². The smallest absolute Gasteiger partial charge is 0.417 e. The predicted octanol–water partition coefficient (Wildman–Crippen LogP) is 5.66. The summed E-state index contributed by atoms with van der Waals surface area (Å²) in [6.45, 7) is 0. The van der Waals surface area contributed by atoms with E-state index in [0.717, 1.165) is 6.07 Å². The summed E-state index contributed by atoms with van der Waals surface area (Å²) < 4.78 is 44.7. The lowest BCUT2D eigenvalue weighted by Gasteiger charge is -2.13. The van der Waals surface area contributed by atoms with Gasteiger partial charge in [0.15, 0.2) is 0 Å². The van der Waals surface area contributed by atoms with Crippen LogP contribution in [0.5, 0.6) is 11.5 Å². The van der Waals surface area contributed by atoms with E-state index >= 15 is 0 Å². The number of anilines is 2.